The van der Waals surface area contributed by atoms with Crippen LogP contribution in [0.1, 0.15) is 29.7 Å². The predicted octanol–water partition coefficient (Wildman–Crippen LogP) is 6.09. The van der Waals surface area contributed by atoms with Gasteiger partial charge >= 0.3 is 0 Å². The molecule has 0 aliphatic carbocycles. The Morgan fingerprint density at radius 1 is 1.00 bits per heavy atom. The van der Waals surface area contributed by atoms with Crippen LogP contribution < -0.4 is 5.32 Å². The minimum absolute atomic E-state index is 0.0304. The molecular weight excluding hydrogens is 511 g/mol. The Kier molecular flexibility index (Phi) is 9.07. The molecule has 0 spiro atoms. The third-order valence-corrected chi connectivity index (χ3v) is 8.60. The molecule has 3 aromatic rings. The zero-order valence-corrected chi connectivity index (χ0v) is 22.2. The molecule has 180 valence electrons. The topological polar surface area (TPSA) is 66.5 Å². The van der Waals surface area contributed by atoms with Crippen LogP contribution in [0.3, 0.4) is 0 Å². The summed E-state index contributed by atoms with van der Waals surface area (Å²) in [6.45, 7) is 3.37. The van der Waals surface area contributed by atoms with E-state index >= 15 is 0 Å². The molecule has 1 atom stereocenters. The SMILES string of the molecule is CSc1ccc([C@H](C)NC(=O)CN(Cc2ccc(Cl)c(Cl)c2)S(=O)(=O)c2ccc(C)cc2)cc1. The molecule has 1 N–H and O–H groups in total. The van der Waals surface area contributed by atoms with Crippen LogP contribution in [0, 0.1) is 6.92 Å². The Labute approximate surface area is 215 Å². The highest BCUT2D eigenvalue weighted by atomic mass is 35.5. The van der Waals surface area contributed by atoms with Gasteiger partial charge in [-0.05, 0) is 67.6 Å². The van der Waals surface area contributed by atoms with Crippen LogP contribution >= 0.6 is 35.0 Å². The lowest BCUT2D eigenvalue weighted by Crippen LogP contribution is -2.41. The van der Waals surface area contributed by atoms with Crippen molar-refractivity contribution in [2.75, 3.05) is 12.8 Å². The number of nitrogens with zero attached hydrogens (tertiary/aromatic N) is 1. The van der Waals surface area contributed by atoms with Gasteiger partial charge in [0.1, 0.15) is 0 Å². The fourth-order valence-electron chi connectivity index (χ4n) is 3.35. The van der Waals surface area contributed by atoms with Crippen molar-refractivity contribution in [3.05, 3.63) is 93.5 Å². The van der Waals surface area contributed by atoms with E-state index in [-0.39, 0.29) is 24.0 Å². The van der Waals surface area contributed by atoms with Gasteiger partial charge in [0, 0.05) is 11.4 Å². The summed E-state index contributed by atoms with van der Waals surface area (Å²) in [5.41, 5.74) is 2.50. The molecule has 0 bridgehead atoms. The van der Waals surface area contributed by atoms with Gasteiger partial charge in [-0.1, -0.05) is 59.1 Å². The molecule has 34 heavy (non-hydrogen) atoms. The third kappa shape index (κ3) is 6.77. The number of hydrogen-bond acceptors (Lipinski definition) is 4. The van der Waals surface area contributed by atoms with Gasteiger partial charge in [0.25, 0.3) is 0 Å². The number of sulfonamides is 1. The van der Waals surface area contributed by atoms with E-state index in [4.69, 9.17) is 23.2 Å². The van der Waals surface area contributed by atoms with Gasteiger partial charge in [0.05, 0.1) is 27.5 Å². The monoisotopic (exact) mass is 536 g/mol. The van der Waals surface area contributed by atoms with E-state index in [1.54, 1.807) is 54.2 Å². The number of aryl methyl sites for hydroxylation is 1. The van der Waals surface area contributed by atoms with E-state index in [0.717, 1.165) is 20.3 Å². The number of nitrogens with one attached hydrogen (secondary N) is 1. The van der Waals surface area contributed by atoms with E-state index in [1.165, 1.54) is 0 Å². The first-order valence-electron chi connectivity index (χ1n) is 10.5. The van der Waals surface area contributed by atoms with Crippen LogP contribution in [0.25, 0.3) is 0 Å². The zero-order chi connectivity index (χ0) is 24.9. The first-order valence-corrected chi connectivity index (χ1v) is 14.0. The first kappa shape index (κ1) is 26.6. The molecule has 0 heterocycles. The minimum atomic E-state index is -3.95. The number of carbonyl (C=O) groups is 1. The molecule has 3 rings (SSSR count). The van der Waals surface area contributed by atoms with Crippen molar-refractivity contribution >= 4 is 50.9 Å². The standard InChI is InChI=1S/C25H26Cl2N2O3S2/c1-17-4-11-22(12-5-17)34(31,32)29(15-19-6-13-23(26)24(27)14-19)16-25(30)28-18(2)20-7-9-21(33-3)10-8-20/h4-14,18H,15-16H2,1-3H3,(H,28,30)/t18-/m0/s1. The highest BCUT2D eigenvalue weighted by Crippen LogP contribution is 2.25. The lowest BCUT2D eigenvalue weighted by molar-refractivity contribution is -0.122. The molecule has 0 unspecified atom stereocenters. The van der Waals surface area contributed by atoms with Crippen LogP contribution in [-0.4, -0.2) is 31.4 Å². The molecule has 0 aliphatic heterocycles. The van der Waals surface area contributed by atoms with E-state index < -0.39 is 15.9 Å². The highest BCUT2D eigenvalue weighted by molar-refractivity contribution is 7.98. The summed E-state index contributed by atoms with van der Waals surface area (Å²) in [5, 5.41) is 3.59. The Balaban J connectivity index is 1.83. The average molecular weight is 538 g/mol. The second-order valence-electron chi connectivity index (χ2n) is 7.90. The molecule has 0 aliphatic rings. The van der Waals surface area contributed by atoms with Crippen molar-refractivity contribution < 1.29 is 13.2 Å². The lowest BCUT2D eigenvalue weighted by Gasteiger charge is -2.23. The Morgan fingerprint density at radius 2 is 1.65 bits per heavy atom. The van der Waals surface area contributed by atoms with Crippen LogP contribution in [-0.2, 0) is 21.4 Å². The number of amides is 1. The minimum Gasteiger partial charge on any atom is -0.348 e. The molecule has 0 saturated carbocycles. The maximum Gasteiger partial charge on any atom is 0.243 e. The average Bonchev–Trinajstić information content (AvgIpc) is 2.81. The van der Waals surface area contributed by atoms with Crippen molar-refractivity contribution in [3.63, 3.8) is 0 Å². The fraction of sp³-hybridized carbons (Fsp3) is 0.240. The normalized spacial score (nSPS) is 12.5. The Hall–Kier alpha value is -2.03. The van der Waals surface area contributed by atoms with Crippen LogP contribution in [0.5, 0.6) is 0 Å². The van der Waals surface area contributed by atoms with Gasteiger partial charge in [0.2, 0.25) is 15.9 Å². The second kappa shape index (κ2) is 11.6. The highest BCUT2D eigenvalue weighted by Gasteiger charge is 2.27. The first-order chi connectivity index (χ1) is 16.1. The molecule has 3 aromatic carbocycles. The molecular formula is C25H26Cl2N2O3S2. The molecule has 5 nitrogen and oxygen atoms in total. The molecule has 9 heteroatoms. The van der Waals surface area contributed by atoms with Crippen molar-refractivity contribution in [1.82, 2.24) is 9.62 Å². The largest absolute Gasteiger partial charge is 0.348 e. The molecule has 1 amide bonds. The summed E-state index contributed by atoms with van der Waals surface area (Å²) in [4.78, 5) is 14.2. The zero-order valence-electron chi connectivity index (χ0n) is 19.1. The van der Waals surface area contributed by atoms with Crippen molar-refractivity contribution in [2.24, 2.45) is 0 Å². The van der Waals surface area contributed by atoms with Gasteiger partial charge in [-0.15, -0.1) is 11.8 Å². The molecule has 0 fully saturated rings. The third-order valence-electron chi connectivity index (χ3n) is 5.31. The maximum absolute atomic E-state index is 13.4. The predicted molar refractivity (Wildman–Crippen MR) is 140 cm³/mol. The molecule has 0 saturated heterocycles. The molecule has 0 radical (unpaired) electrons. The Bertz CT molecular complexity index is 1250. The van der Waals surface area contributed by atoms with E-state index in [0.29, 0.717) is 15.6 Å². The van der Waals surface area contributed by atoms with E-state index in [9.17, 15) is 13.2 Å². The maximum atomic E-state index is 13.4. The van der Waals surface area contributed by atoms with E-state index in [2.05, 4.69) is 5.32 Å². The second-order valence-corrected chi connectivity index (χ2v) is 11.5. The van der Waals surface area contributed by atoms with Crippen molar-refractivity contribution in [2.45, 2.75) is 36.2 Å². The summed E-state index contributed by atoms with van der Waals surface area (Å²) in [6, 6.07) is 19.0. The summed E-state index contributed by atoms with van der Waals surface area (Å²) in [7, 11) is -3.95. The number of rotatable bonds is 9. The van der Waals surface area contributed by atoms with Gasteiger partial charge in [-0.25, -0.2) is 8.42 Å². The van der Waals surface area contributed by atoms with Gasteiger partial charge < -0.3 is 5.32 Å². The summed E-state index contributed by atoms with van der Waals surface area (Å²) in [6.07, 6.45) is 2.00. The fourth-order valence-corrected chi connectivity index (χ4v) is 5.46. The van der Waals surface area contributed by atoms with Gasteiger partial charge in [-0.3, -0.25) is 4.79 Å². The summed E-state index contributed by atoms with van der Waals surface area (Å²) < 4.78 is 28.0. The van der Waals surface area contributed by atoms with E-state index in [1.807, 2.05) is 44.4 Å². The quantitative estimate of drug-likeness (QED) is 0.336. The number of thioether (sulfide) groups is 1. The summed E-state index contributed by atoms with van der Waals surface area (Å²) in [5.74, 6) is -0.405. The van der Waals surface area contributed by atoms with Gasteiger partial charge in [0.15, 0.2) is 0 Å². The number of benzene rings is 3. The number of hydrogen-bond donors (Lipinski definition) is 1. The summed E-state index contributed by atoms with van der Waals surface area (Å²) >= 11 is 13.8. The van der Waals surface area contributed by atoms with Crippen LogP contribution in [0.4, 0.5) is 0 Å². The van der Waals surface area contributed by atoms with Crippen LogP contribution in [0.15, 0.2) is 76.5 Å². The van der Waals surface area contributed by atoms with Crippen LogP contribution in [0.2, 0.25) is 10.0 Å². The Morgan fingerprint density at radius 3 is 2.24 bits per heavy atom. The number of carbonyl (C=O) groups excluding carboxylic acids is 1. The number of halogens is 2. The van der Waals surface area contributed by atoms with Crippen molar-refractivity contribution in [1.29, 1.82) is 0 Å². The molecule has 0 aromatic heterocycles. The van der Waals surface area contributed by atoms with Gasteiger partial charge in [-0.2, -0.15) is 4.31 Å². The van der Waals surface area contributed by atoms with Crippen molar-refractivity contribution in [3.8, 4) is 0 Å². The smallest absolute Gasteiger partial charge is 0.243 e. The lowest BCUT2D eigenvalue weighted by atomic mass is 10.1.